The molecular formula is C17H25N5OS. The van der Waals surface area contributed by atoms with Crippen molar-refractivity contribution in [2.75, 3.05) is 11.9 Å². The summed E-state index contributed by atoms with van der Waals surface area (Å²) >= 11 is 1.80. The van der Waals surface area contributed by atoms with E-state index < -0.39 is 0 Å². The predicted octanol–water partition coefficient (Wildman–Crippen LogP) is 3.55. The molecule has 0 saturated carbocycles. The zero-order valence-corrected chi connectivity index (χ0v) is 15.5. The van der Waals surface area contributed by atoms with Crippen LogP contribution in [-0.4, -0.2) is 32.1 Å². The van der Waals surface area contributed by atoms with E-state index in [0.717, 1.165) is 17.9 Å². The lowest BCUT2D eigenvalue weighted by Gasteiger charge is -2.17. The molecule has 2 amide bonds. The molecule has 0 radical (unpaired) electrons. The molecule has 2 rings (SSSR count). The lowest BCUT2D eigenvalue weighted by Crippen LogP contribution is -2.31. The highest BCUT2D eigenvalue weighted by atomic mass is 32.2. The minimum absolute atomic E-state index is 0.172. The van der Waals surface area contributed by atoms with Gasteiger partial charge in [-0.3, -0.25) is 0 Å². The number of benzene rings is 1. The quantitative estimate of drug-likeness (QED) is 0.784. The van der Waals surface area contributed by atoms with Crippen LogP contribution >= 0.6 is 11.8 Å². The Morgan fingerprint density at radius 2 is 1.96 bits per heavy atom. The molecule has 0 aliphatic rings. The number of nitrogens with zero attached hydrogens (tertiary/aromatic N) is 3. The van der Waals surface area contributed by atoms with Crippen molar-refractivity contribution in [1.29, 1.82) is 0 Å². The van der Waals surface area contributed by atoms with Gasteiger partial charge in [-0.05, 0) is 24.3 Å². The molecule has 0 bridgehead atoms. The fraction of sp³-hybridized carbons (Fsp3) is 0.471. The van der Waals surface area contributed by atoms with Crippen molar-refractivity contribution < 1.29 is 4.79 Å². The molecule has 0 unspecified atom stereocenters. The highest BCUT2D eigenvalue weighted by Crippen LogP contribution is 2.32. The molecule has 24 heavy (non-hydrogen) atoms. The van der Waals surface area contributed by atoms with Gasteiger partial charge in [0, 0.05) is 34.8 Å². The fourth-order valence-electron chi connectivity index (χ4n) is 2.16. The molecule has 1 aromatic heterocycles. The molecule has 0 fully saturated rings. The van der Waals surface area contributed by atoms with Crippen LogP contribution in [0.15, 0.2) is 35.5 Å². The predicted molar refractivity (Wildman–Crippen MR) is 98.5 cm³/mol. The Bertz CT molecular complexity index is 660. The van der Waals surface area contributed by atoms with Gasteiger partial charge in [0.15, 0.2) is 0 Å². The van der Waals surface area contributed by atoms with Crippen LogP contribution in [0.25, 0.3) is 0 Å². The Hall–Kier alpha value is -2.02. The average Bonchev–Trinajstić information content (AvgIpc) is 2.95. The van der Waals surface area contributed by atoms with Crippen LogP contribution in [0.4, 0.5) is 10.5 Å². The van der Waals surface area contributed by atoms with Gasteiger partial charge in [0.2, 0.25) is 0 Å². The number of aromatic nitrogens is 3. The maximum Gasteiger partial charge on any atom is 0.319 e. The van der Waals surface area contributed by atoms with E-state index >= 15 is 0 Å². The summed E-state index contributed by atoms with van der Waals surface area (Å²) in [5, 5.41) is 13.6. The van der Waals surface area contributed by atoms with Crippen molar-refractivity contribution in [2.24, 2.45) is 0 Å². The molecule has 2 aromatic rings. The number of hydrogen-bond donors (Lipinski definition) is 2. The van der Waals surface area contributed by atoms with E-state index in [2.05, 4.69) is 41.6 Å². The molecule has 7 heteroatoms. The van der Waals surface area contributed by atoms with Gasteiger partial charge in [0.05, 0.1) is 0 Å². The average molecular weight is 347 g/mol. The van der Waals surface area contributed by atoms with Crippen LogP contribution in [0.5, 0.6) is 0 Å². The summed E-state index contributed by atoms with van der Waals surface area (Å²) in [5.41, 5.74) is 0.782. The van der Waals surface area contributed by atoms with E-state index in [0.29, 0.717) is 13.1 Å². The van der Waals surface area contributed by atoms with E-state index in [-0.39, 0.29) is 10.8 Å². The molecule has 1 heterocycles. The second-order valence-electron chi connectivity index (χ2n) is 6.41. The highest BCUT2D eigenvalue weighted by Gasteiger charge is 2.12. The molecular weight excluding hydrogens is 322 g/mol. The first-order valence-corrected chi connectivity index (χ1v) is 8.89. The number of hydrogen-bond acceptors (Lipinski definition) is 4. The van der Waals surface area contributed by atoms with Gasteiger partial charge in [-0.2, -0.15) is 0 Å². The van der Waals surface area contributed by atoms with Crippen LogP contribution in [-0.2, 0) is 13.0 Å². The van der Waals surface area contributed by atoms with Gasteiger partial charge in [0.25, 0.3) is 0 Å². The number of anilines is 1. The fourth-order valence-corrected chi connectivity index (χ4v) is 3.14. The van der Waals surface area contributed by atoms with Crippen molar-refractivity contribution in [3.8, 4) is 0 Å². The molecule has 1 aromatic carbocycles. The van der Waals surface area contributed by atoms with Gasteiger partial charge in [0.1, 0.15) is 12.2 Å². The number of amides is 2. The lowest BCUT2D eigenvalue weighted by atomic mass is 10.3. The normalized spacial score (nSPS) is 11.3. The summed E-state index contributed by atoms with van der Waals surface area (Å²) in [6, 6.07) is 7.68. The Morgan fingerprint density at radius 3 is 2.58 bits per heavy atom. The summed E-state index contributed by atoms with van der Waals surface area (Å²) < 4.78 is 2.12. The van der Waals surface area contributed by atoms with Gasteiger partial charge in [-0.15, -0.1) is 22.0 Å². The lowest BCUT2D eigenvalue weighted by molar-refractivity contribution is 0.251. The minimum atomic E-state index is -0.211. The van der Waals surface area contributed by atoms with Crippen molar-refractivity contribution >= 4 is 23.5 Å². The number of carbonyl (C=O) groups excluding carboxylic acids is 1. The Kier molecular flexibility index (Phi) is 6.25. The number of urea groups is 1. The summed E-state index contributed by atoms with van der Waals surface area (Å²) in [6.07, 6.45) is 2.51. The smallest absolute Gasteiger partial charge is 0.319 e. The molecule has 6 nitrogen and oxygen atoms in total. The largest absolute Gasteiger partial charge is 0.336 e. The van der Waals surface area contributed by atoms with Gasteiger partial charge in [-0.1, -0.05) is 27.7 Å². The third-order valence-corrected chi connectivity index (χ3v) is 4.31. The monoisotopic (exact) mass is 347 g/mol. The molecule has 130 valence electrons. The van der Waals surface area contributed by atoms with E-state index in [4.69, 9.17) is 0 Å². The molecule has 0 spiro atoms. The highest BCUT2D eigenvalue weighted by molar-refractivity contribution is 8.00. The molecule has 0 saturated heterocycles. The Balaban J connectivity index is 1.78. The van der Waals surface area contributed by atoms with Crippen LogP contribution in [0.3, 0.4) is 0 Å². The summed E-state index contributed by atoms with van der Waals surface area (Å²) in [5.74, 6) is 0.921. The van der Waals surface area contributed by atoms with E-state index in [9.17, 15) is 4.79 Å². The third kappa shape index (κ3) is 5.88. The Morgan fingerprint density at radius 1 is 1.25 bits per heavy atom. The number of nitrogens with one attached hydrogen (secondary N) is 2. The van der Waals surface area contributed by atoms with Crippen molar-refractivity contribution in [3.63, 3.8) is 0 Å². The van der Waals surface area contributed by atoms with Crippen molar-refractivity contribution in [2.45, 2.75) is 50.3 Å². The second kappa shape index (κ2) is 8.19. The van der Waals surface area contributed by atoms with E-state index in [1.165, 1.54) is 4.90 Å². The third-order valence-electron chi connectivity index (χ3n) is 3.19. The van der Waals surface area contributed by atoms with Gasteiger partial charge < -0.3 is 15.2 Å². The van der Waals surface area contributed by atoms with E-state index in [1.807, 2.05) is 35.8 Å². The standard InChI is InChI=1S/C17H25N5OS/c1-5-15-21-19-12-22(15)11-10-18-16(23)20-13-6-8-14(9-7-13)24-17(2,3)4/h6-9,12H,5,10-11H2,1-4H3,(H2,18,20,23). The number of aryl methyl sites for hydroxylation is 1. The first-order chi connectivity index (χ1) is 11.4. The number of carbonyl (C=O) groups is 1. The molecule has 0 aliphatic carbocycles. The van der Waals surface area contributed by atoms with Crippen LogP contribution in [0, 0.1) is 0 Å². The maximum atomic E-state index is 11.9. The first-order valence-electron chi connectivity index (χ1n) is 8.08. The van der Waals surface area contributed by atoms with Crippen molar-refractivity contribution in [1.82, 2.24) is 20.1 Å². The minimum Gasteiger partial charge on any atom is -0.336 e. The Labute approximate surface area is 147 Å². The maximum absolute atomic E-state index is 11.9. The van der Waals surface area contributed by atoms with Crippen LogP contribution in [0.1, 0.15) is 33.5 Å². The summed E-state index contributed by atoms with van der Waals surface area (Å²) in [7, 11) is 0. The number of rotatable bonds is 6. The van der Waals surface area contributed by atoms with Crippen LogP contribution < -0.4 is 10.6 Å². The molecule has 0 atom stereocenters. The zero-order chi connectivity index (χ0) is 17.6. The first kappa shape index (κ1) is 18.3. The number of thioether (sulfide) groups is 1. The second-order valence-corrected chi connectivity index (χ2v) is 8.31. The van der Waals surface area contributed by atoms with Crippen LogP contribution in [0.2, 0.25) is 0 Å². The summed E-state index contributed by atoms with van der Waals surface area (Å²) in [4.78, 5) is 13.1. The summed E-state index contributed by atoms with van der Waals surface area (Å²) in [6.45, 7) is 9.74. The SMILES string of the molecule is CCc1nncn1CCNC(=O)Nc1ccc(SC(C)(C)C)cc1. The topological polar surface area (TPSA) is 71.8 Å². The van der Waals surface area contributed by atoms with Gasteiger partial charge >= 0.3 is 6.03 Å². The van der Waals surface area contributed by atoms with E-state index in [1.54, 1.807) is 18.1 Å². The molecule has 2 N–H and O–H groups in total. The molecule has 0 aliphatic heterocycles. The zero-order valence-electron chi connectivity index (χ0n) is 14.7. The van der Waals surface area contributed by atoms with Gasteiger partial charge in [-0.25, -0.2) is 4.79 Å². The van der Waals surface area contributed by atoms with Crippen molar-refractivity contribution in [3.05, 3.63) is 36.4 Å².